The first-order valence-corrected chi connectivity index (χ1v) is 7.94. The van der Waals surface area contributed by atoms with Gasteiger partial charge in [0.05, 0.1) is 0 Å². The first-order chi connectivity index (χ1) is 10.1. The summed E-state index contributed by atoms with van der Waals surface area (Å²) in [5, 5.41) is 13.3. The minimum absolute atomic E-state index is 0.472. The SMILES string of the molecule is N[C@H](CC1CCCCC1)C(O)C(=O)Nc1cccc(Cl)c1. The van der Waals surface area contributed by atoms with Gasteiger partial charge in [-0.15, -0.1) is 0 Å². The largest absolute Gasteiger partial charge is 0.382 e. The third-order valence-electron chi connectivity index (χ3n) is 4.10. The van der Waals surface area contributed by atoms with Gasteiger partial charge in [0.25, 0.3) is 5.91 Å². The van der Waals surface area contributed by atoms with Crippen LogP contribution in [0, 0.1) is 5.92 Å². The van der Waals surface area contributed by atoms with Crippen LogP contribution in [0.25, 0.3) is 0 Å². The lowest BCUT2D eigenvalue weighted by molar-refractivity contribution is -0.125. The standard InChI is InChI=1S/C16H23ClN2O2/c17-12-7-4-8-13(10-12)19-16(21)15(20)14(18)9-11-5-2-1-3-6-11/h4,7-8,10-11,14-15,20H,1-3,5-6,9,18H2,(H,19,21)/t14-,15?/m1/s1. The van der Waals surface area contributed by atoms with Crippen LogP contribution in [0.15, 0.2) is 24.3 Å². The Hall–Kier alpha value is -1.10. The number of aliphatic hydroxyl groups is 1. The Kier molecular flexibility index (Phi) is 6.03. The molecule has 1 aliphatic rings. The molecule has 1 aromatic rings. The minimum Gasteiger partial charge on any atom is -0.382 e. The minimum atomic E-state index is -1.19. The van der Waals surface area contributed by atoms with Crippen molar-refractivity contribution in [2.75, 3.05) is 5.32 Å². The van der Waals surface area contributed by atoms with E-state index in [1.807, 2.05) is 0 Å². The molecule has 4 nitrogen and oxygen atoms in total. The molecular formula is C16H23ClN2O2. The summed E-state index contributed by atoms with van der Waals surface area (Å²) in [6.45, 7) is 0. The molecule has 0 aromatic heterocycles. The summed E-state index contributed by atoms with van der Waals surface area (Å²) in [5.41, 5.74) is 6.56. The lowest BCUT2D eigenvalue weighted by Crippen LogP contribution is -2.44. The van der Waals surface area contributed by atoms with E-state index in [1.54, 1.807) is 24.3 Å². The second kappa shape index (κ2) is 7.78. The number of halogens is 1. The van der Waals surface area contributed by atoms with E-state index >= 15 is 0 Å². The van der Waals surface area contributed by atoms with Gasteiger partial charge in [-0.1, -0.05) is 49.8 Å². The van der Waals surface area contributed by atoms with Crippen LogP contribution < -0.4 is 11.1 Å². The van der Waals surface area contributed by atoms with E-state index in [4.69, 9.17) is 17.3 Å². The normalized spacial score (nSPS) is 19.0. The highest BCUT2D eigenvalue weighted by Crippen LogP contribution is 2.27. The van der Waals surface area contributed by atoms with Gasteiger partial charge in [-0.2, -0.15) is 0 Å². The average molecular weight is 311 g/mol. The summed E-state index contributed by atoms with van der Waals surface area (Å²) >= 11 is 5.86. The number of anilines is 1. The fraction of sp³-hybridized carbons (Fsp3) is 0.562. The summed E-state index contributed by atoms with van der Waals surface area (Å²) in [4.78, 5) is 12.0. The Morgan fingerprint density at radius 1 is 1.38 bits per heavy atom. The number of nitrogens with one attached hydrogen (secondary N) is 1. The van der Waals surface area contributed by atoms with Crippen LogP contribution in [0.2, 0.25) is 5.02 Å². The molecule has 0 bridgehead atoms. The van der Waals surface area contributed by atoms with Crippen molar-refractivity contribution in [3.63, 3.8) is 0 Å². The van der Waals surface area contributed by atoms with Crippen molar-refractivity contribution >= 4 is 23.2 Å². The summed E-state index contributed by atoms with van der Waals surface area (Å²) in [6, 6.07) is 6.31. The third kappa shape index (κ3) is 4.99. The first-order valence-electron chi connectivity index (χ1n) is 7.56. The first kappa shape index (κ1) is 16.3. The zero-order valence-corrected chi connectivity index (χ0v) is 12.9. The van der Waals surface area contributed by atoms with Crippen molar-refractivity contribution < 1.29 is 9.90 Å². The predicted octanol–water partition coefficient (Wildman–Crippen LogP) is 2.94. The number of carbonyl (C=O) groups is 1. The number of hydrogen-bond acceptors (Lipinski definition) is 3. The molecule has 116 valence electrons. The molecule has 4 N–H and O–H groups in total. The Morgan fingerprint density at radius 3 is 2.76 bits per heavy atom. The number of hydrogen-bond donors (Lipinski definition) is 3. The van der Waals surface area contributed by atoms with Gasteiger partial charge < -0.3 is 16.2 Å². The van der Waals surface area contributed by atoms with Crippen molar-refractivity contribution in [3.8, 4) is 0 Å². The van der Waals surface area contributed by atoms with Gasteiger partial charge in [0, 0.05) is 16.8 Å². The van der Waals surface area contributed by atoms with Crippen LogP contribution in [-0.2, 0) is 4.79 Å². The zero-order valence-electron chi connectivity index (χ0n) is 12.1. The molecule has 1 amide bonds. The lowest BCUT2D eigenvalue weighted by atomic mass is 9.84. The molecule has 2 rings (SSSR count). The molecular weight excluding hydrogens is 288 g/mol. The maximum absolute atomic E-state index is 12.0. The molecule has 21 heavy (non-hydrogen) atoms. The Morgan fingerprint density at radius 2 is 2.10 bits per heavy atom. The van der Waals surface area contributed by atoms with E-state index in [9.17, 15) is 9.90 Å². The van der Waals surface area contributed by atoms with Crippen molar-refractivity contribution in [1.82, 2.24) is 0 Å². The molecule has 0 aliphatic heterocycles. The Bertz CT molecular complexity index is 475. The van der Waals surface area contributed by atoms with Gasteiger partial charge >= 0.3 is 0 Å². The maximum Gasteiger partial charge on any atom is 0.254 e. The number of aliphatic hydroxyl groups excluding tert-OH is 1. The fourth-order valence-electron chi connectivity index (χ4n) is 2.91. The van der Waals surface area contributed by atoms with Gasteiger partial charge in [-0.05, 0) is 30.5 Å². The second-order valence-electron chi connectivity index (χ2n) is 5.85. The highest BCUT2D eigenvalue weighted by atomic mass is 35.5. The summed E-state index contributed by atoms with van der Waals surface area (Å²) in [5.74, 6) is 0.0583. The van der Waals surface area contributed by atoms with E-state index in [2.05, 4.69) is 5.32 Å². The molecule has 1 unspecified atom stereocenters. The van der Waals surface area contributed by atoms with Gasteiger partial charge in [0.1, 0.15) is 6.10 Å². The maximum atomic E-state index is 12.0. The molecule has 1 fully saturated rings. The molecule has 1 aromatic carbocycles. The average Bonchev–Trinajstić information content (AvgIpc) is 2.47. The summed E-state index contributed by atoms with van der Waals surface area (Å²) < 4.78 is 0. The molecule has 0 radical (unpaired) electrons. The lowest BCUT2D eigenvalue weighted by Gasteiger charge is -2.26. The quantitative estimate of drug-likeness (QED) is 0.782. The molecule has 1 saturated carbocycles. The molecule has 5 heteroatoms. The number of rotatable bonds is 5. The monoisotopic (exact) mass is 310 g/mol. The topological polar surface area (TPSA) is 75.3 Å². The highest BCUT2D eigenvalue weighted by Gasteiger charge is 2.26. The van der Waals surface area contributed by atoms with Crippen LogP contribution in [0.1, 0.15) is 38.5 Å². The van der Waals surface area contributed by atoms with Crippen molar-refractivity contribution in [2.24, 2.45) is 11.7 Å². The fourth-order valence-corrected chi connectivity index (χ4v) is 3.10. The molecule has 0 heterocycles. The molecule has 2 atom stereocenters. The molecule has 0 saturated heterocycles. The van der Waals surface area contributed by atoms with Crippen LogP contribution in [0.5, 0.6) is 0 Å². The third-order valence-corrected chi connectivity index (χ3v) is 4.33. The molecule has 1 aliphatic carbocycles. The van der Waals surface area contributed by atoms with E-state index < -0.39 is 18.1 Å². The van der Waals surface area contributed by atoms with Crippen molar-refractivity contribution in [1.29, 1.82) is 0 Å². The smallest absolute Gasteiger partial charge is 0.254 e. The van der Waals surface area contributed by atoms with Crippen molar-refractivity contribution in [3.05, 3.63) is 29.3 Å². The summed E-state index contributed by atoms with van der Waals surface area (Å²) in [7, 11) is 0. The zero-order chi connectivity index (χ0) is 15.2. The van der Waals surface area contributed by atoms with Crippen LogP contribution in [-0.4, -0.2) is 23.2 Å². The predicted molar refractivity (Wildman–Crippen MR) is 85.3 cm³/mol. The Labute approximate surface area is 130 Å². The van der Waals surface area contributed by atoms with E-state index in [0.29, 0.717) is 23.0 Å². The second-order valence-corrected chi connectivity index (χ2v) is 6.28. The number of benzene rings is 1. The summed E-state index contributed by atoms with van der Waals surface area (Å²) in [6.07, 6.45) is 5.54. The highest BCUT2D eigenvalue weighted by molar-refractivity contribution is 6.30. The van der Waals surface area contributed by atoms with Gasteiger partial charge in [-0.3, -0.25) is 4.79 Å². The van der Waals surface area contributed by atoms with Crippen molar-refractivity contribution in [2.45, 2.75) is 50.7 Å². The Balaban J connectivity index is 1.85. The van der Waals surface area contributed by atoms with E-state index in [-0.39, 0.29) is 0 Å². The van der Waals surface area contributed by atoms with Gasteiger partial charge in [0.15, 0.2) is 0 Å². The van der Waals surface area contributed by atoms with Gasteiger partial charge in [-0.25, -0.2) is 0 Å². The van der Waals surface area contributed by atoms with Crippen LogP contribution in [0.3, 0.4) is 0 Å². The number of nitrogens with two attached hydrogens (primary N) is 1. The van der Waals surface area contributed by atoms with Crippen LogP contribution in [0.4, 0.5) is 5.69 Å². The molecule has 0 spiro atoms. The van der Waals surface area contributed by atoms with E-state index in [1.165, 1.54) is 19.3 Å². The van der Waals surface area contributed by atoms with E-state index in [0.717, 1.165) is 12.8 Å². The van der Waals surface area contributed by atoms with Gasteiger partial charge in [0.2, 0.25) is 0 Å². The number of carbonyl (C=O) groups excluding carboxylic acids is 1. The van der Waals surface area contributed by atoms with Crippen LogP contribution >= 0.6 is 11.6 Å². The number of amides is 1.